The van der Waals surface area contributed by atoms with Crippen LogP contribution in [0.1, 0.15) is 51.0 Å². The topological polar surface area (TPSA) is 55.8 Å². The van der Waals surface area contributed by atoms with Crippen molar-refractivity contribution in [2.75, 3.05) is 13.7 Å². The van der Waals surface area contributed by atoms with Crippen LogP contribution in [0.2, 0.25) is 0 Å². The second-order valence-corrected chi connectivity index (χ2v) is 6.04. The van der Waals surface area contributed by atoms with Gasteiger partial charge in [0, 0.05) is 0 Å². The summed E-state index contributed by atoms with van der Waals surface area (Å²) in [6.07, 6.45) is 3.72. The van der Waals surface area contributed by atoms with E-state index in [1.165, 1.54) is 5.56 Å². The molecule has 1 aromatic carbocycles. The van der Waals surface area contributed by atoms with Crippen molar-refractivity contribution in [2.45, 2.75) is 45.4 Å². The third-order valence-electron chi connectivity index (χ3n) is 4.44. The van der Waals surface area contributed by atoms with Gasteiger partial charge in [0.25, 0.3) is 0 Å². The number of methoxy groups -OCH3 is 1. The van der Waals surface area contributed by atoms with Crippen molar-refractivity contribution < 1.29 is 19.4 Å². The number of benzene rings is 1. The van der Waals surface area contributed by atoms with E-state index >= 15 is 0 Å². The predicted octanol–water partition coefficient (Wildman–Crippen LogP) is 4.09. The average Bonchev–Trinajstić information content (AvgIpc) is 3.30. The summed E-state index contributed by atoms with van der Waals surface area (Å²) >= 11 is 0. The lowest BCUT2D eigenvalue weighted by atomic mass is 9.90. The third-order valence-corrected chi connectivity index (χ3v) is 4.44. The van der Waals surface area contributed by atoms with E-state index in [9.17, 15) is 4.79 Å². The standard InChI is InChI=1S/C18H26O4/c1-4-8-22-16-7-6-13(11-17(16)21-3)12(5-2)9-14-10-15(14)18(19)20/h6-7,11-12,14-15H,4-5,8-10H2,1-3H3,(H,19,20). The molecule has 0 saturated heterocycles. The van der Waals surface area contributed by atoms with Crippen LogP contribution in [0, 0.1) is 11.8 Å². The first-order chi connectivity index (χ1) is 10.6. The number of carboxylic acid groups (broad SMARTS) is 1. The van der Waals surface area contributed by atoms with Crippen LogP contribution in [-0.4, -0.2) is 24.8 Å². The van der Waals surface area contributed by atoms with E-state index in [2.05, 4.69) is 19.9 Å². The van der Waals surface area contributed by atoms with Crippen molar-refractivity contribution in [1.82, 2.24) is 0 Å². The Morgan fingerprint density at radius 1 is 1.36 bits per heavy atom. The fourth-order valence-corrected chi connectivity index (χ4v) is 2.98. The molecule has 22 heavy (non-hydrogen) atoms. The molecule has 0 amide bonds. The van der Waals surface area contributed by atoms with E-state index in [-0.39, 0.29) is 5.92 Å². The zero-order valence-corrected chi connectivity index (χ0v) is 13.7. The van der Waals surface area contributed by atoms with Gasteiger partial charge >= 0.3 is 5.97 Å². The van der Waals surface area contributed by atoms with Gasteiger partial charge in [-0.2, -0.15) is 0 Å². The van der Waals surface area contributed by atoms with Gasteiger partial charge in [-0.25, -0.2) is 0 Å². The van der Waals surface area contributed by atoms with Crippen LogP contribution in [0.15, 0.2) is 18.2 Å². The zero-order valence-electron chi connectivity index (χ0n) is 13.7. The van der Waals surface area contributed by atoms with Gasteiger partial charge in [-0.3, -0.25) is 4.79 Å². The Hall–Kier alpha value is -1.71. The van der Waals surface area contributed by atoms with Crippen molar-refractivity contribution in [1.29, 1.82) is 0 Å². The smallest absolute Gasteiger partial charge is 0.306 e. The Bertz CT molecular complexity index is 512. The van der Waals surface area contributed by atoms with E-state index in [4.69, 9.17) is 14.6 Å². The fourth-order valence-electron chi connectivity index (χ4n) is 2.98. The summed E-state index contributed by atoms with van der Waals surface area (Å²) in [6, 6.07) is 6.09. The molecule has 1 saturated carbocycles. The predicted molar refractivity (Wildman–Crippen MR) is 85.7 cm³/mol. The molecular formula is C18H26O4. The molecule has 3 unspecified atom stereocenters. The second kappa shape index (κ2) is 7.52. The zero-order chi connectivity index (χ0) is 16.1. The fraction of sp³-hybridized carbons (Fsp3) is 0.611. The van der Waals surface area contributed by atoms with Gasteiger partial charge in [-0.05, 0) is 55.2 Å². The van der Waals surface area contributed by atoms with Crippen LogP contribution in [-0.2, 0) is 4.79 Å². The van der Waals surface area contributed by atoms with Gasteiger partial charge in [0.05, 0.1) is 19.6 Å². The van der Waals surface area contributed by atoms with Crippen molar-refractivity contribution in [3.8, 4) is 11.5 Å². The van der Waals surface area contributed by atoms with Crippen molar-refractivity contribution >= 4 is 5.97 Å². The molecule has 1 aliphatic carbocycles. The third kappa shape index (κ3) is 3.93. The average molecular weight is 306 g/mol. The van der Waals surface area contributed by atoms with E-state index < -0.39 is 5.97 Å². The molecule has 0 spiro atoms. The summed E-state index contributed by atoms with van der Waals surface area (Å²) in [6.45, 7) is 4.90. The summed E-state index contributed by atoms with van der Waals surface area (Å²) in [5.74, 6) is 1.45. The Morgan fingerprint density at radius 3 is 2.68 bits per heavy atom. The molecule has 1 aromatic rings. The van der Waals surface area contributed by atoms with Crippen LogP contribution in [0.25, 0.3) is 0 Å². The van der Waals surface area contributed by atoms with Gasteiger partial charge in [0.2, 0.25) is 0 Å². The highest BCUT2D eigenvalue weighted by Crippen LogP contribution is 2.46. The molecule has 4 nitrogen and oxygen atoms in total. The Morgan fingerprint density at radius 2 is 2.14 bits per heavy atom. The van der Waals surface area contributed by atoms with E-state index in [1.807, 2.05) is 12.1 Å². The molecule has 0 bridgehead atoms. The number of aliphatic carboxylic acids is 1. The SMILES string of the molecule is CCCOc1ccc(C(CC)CC2CC2C(=O)O)cc1OC. The molecule has 3 atom stereocenters. The molecule has 1 aliphatic rings. The summed E-state index contributed by atoms with van der Waals surface area (Å²) in [4.78, 5) is 11.0. The van der Waals surface area contributed by atoms with Gasteiger partial charge in [-0.15, -0.1) is 0 Å². The van der Waals surface area contributed by atoms with Crippen molar-refractivity contribution in [3.05, 3.63) is 23.8 Å². The largest absolute Gasteiger partial charge is 0.493 e. The Balaban J connectivity index is 2.07. The normalized spacial score (nSPS) is 21.2. The minimum atomic E-state index is -0.652. The molecular weight excluding hydrogens is 280 g/mol. The summed E-state index contributed by atoms with van der Waals surface area (Å²) in [5, 5.41) is 9.04. The monoisotopic (exact) mass is 306 g/mol. The molecule has 0 radical (unpaired) electrons. The van der Waals surface area contributed by atoms with E-state index in [0.717, 1.165) is 37.2 Å². The Kier molecular flexibility index (Phi) is 5.69. The molecule has 4 heteroatoms. The number of hydrogen-bond acceptors (Lipinski definition) is 3. The maximum absolute atomic E-state index is 11.0. The van der Waals surface area contributed by atoms with Gasteiger partial charge in [-0.1, -0.05) is 19.9 Å². The molecule has 122 valence electrons. The summed E-state index contributed by atoms with van der Waals surface area (Å²) < 4.78 is 11.1. The van der Waals surface area contributed by atoms with Crippen LogP contribution >= 0.6 is 0 Å². The van der Waals surface area contributed by atoms with E-state index in [1.54, 1.807) is 7.11 Å². The molecule has 0 aliphatic heterocycles. The number of ether oxygens (including phenoxy) is 2. The first-order valence-corrected chi connectivity index (χ1v) is 8.14. The van der Waals surface area contributed by atoms with Gasteiger partial charge in [0.1, 0.15) is 0 Å². The van der Waals surface area contributed by atoms with Gasteiger partial charge < -0.3 is 14.6 Å². The van der Waals surface area contributed by atoms with Gasteiger partial charge in [0.15, 0.2) is 11.5 Å². The summed E-state index contributed by atoms with van der Waals surface area (Å²) in [5.41, 5.74) is 1.21. The molecule has 2 rings (SSSR count). The number of carboxylic acids is 1. The van der Waals surface area contributed by atoms with Crippen LogP contribution in [0.3, 0.4) is 0 Å². The van der Waals surface area contributed by atoms with Crippen LogP contribution in [0.5, 0.6) is 11.5 Å². The second-order valence-electron chi connectivity index (χ2n) is 6.04. The Labute approximate surface area is 132 Å². The molecule has 1 fully saturated rings. The lowest BCUT2D eigenvalue weighted by Gasteiger charge is -2.18. The highest BCUT2D eigenvalue weighted by molar-refractivity contribution is 5.73. The summed E-state index contributed by atoms with van der Waals surface area (Å²) in [7, 11) is 1.65. The maximum atomic E-state index is 11.0. The molecule has 0 heterocycles. The quantitative estimate of drug-likeness (QED) is 0.746. The number of rotatable bonds is 9. The highest BCUT2D eigenvalue weighted by atomic mass is 16.5. The first kappa shape index (κ1) is 16.7. The molecule has 0 aromatic heterocycles. The minimum Gasteiger partial charge on any atom is -0.493 e. The van der Waals surface area contributed by atoms with Crippen molar-refractivity contribution in [2.24, 2.45) is 11.8 Å². The number of hydrogen-bond donors (Lipinski definition) is 1. The highest BCUT2D eigenvalue weighted by Gasteiger charge is 2.43. The van der Waals surface area contributed by atoms with Crippen molar-refractivity contribution in [3.63, 3.8) is 0 Å². The first-order valence-electron chi connectivity index (χ1n) is 8.14. The minimum absolute atomic E-state index is 0.136. The lowest BCUT2D eigenvalue weighted by molar-refractivity contribution is -0.138. The van der Waals surface area contributed by atoms with Crippen LogP contribution < -0.4 is 9.47 Å². The lowest BCUT2D eigenvalue weighted by Crippen LogP contribution is -2.05. The maximum Gasteiger partial charge on any atom is 0.306 e. The van der Waals surface area contributed by atoms with E-state index in [0.29, 0.717) is 18.4 Å². The number of carbonyl (C=O) groups is 1. The van der Waals surface area contributed by atoms with Crippen LogP contribution in [0.4, 0.5) is 0 Å². The molecule has 1 N–H and O–H groups in total.